The molecule has 0 saturated heterocycles. The van der Waals surface area contributed by atoms with Gasteiger partial charge in [-0.1, -0.05) is 30.7 Å². The molecule has 94 valence electrons. The Kier molecular flexibility index (Phi) is 4.19. The van der Waals surface area contributed by atoms with Gasteiger partial charge in [0.1, 0.15) is 0 Å². The largest absolute Gasteiger partial charge is 0.330 e. The van der Waals surface area contributed by atoms with E-state index < -0.39 is 0 Å². The van der Waals surface area contributed by atoms with E-state index >= 15 is 0 Å². The summed E-state index contributed by atoms with van der Waals surface area (Å²) in [5, 5.41) is 3.57. The Labute approximate surface area is 105 Å². The molecule has 0 radical (unpaired) electrons. The summed E-state index contributed by atoms with van der Waals surface area (Å²) >= 11 is 0. The molecule has 1 fully saturated rings. The molecule has 2 nitrogen and oxygen atoms in total. The highest BCUT2D eigenvalue weighted by Gasteiger charge is 2.34. The highest BCUT2D eigenvalue weighted by Crippen LogP contribution is 2.38. The molecule has 1 aliphatic rings. The normalized spacial score (nSPS) is 17.8. The van der Waals surface area contributed by atoms with E-state index in [0.717, 1.165) is 26.1 Å². The predicted molar refractivity (Wildman–Crippen MR) is 73.1 cm³/mol. The van der Waals surface area contributed by atoms with Gasteiger partial charge in [-0.2, -0.15) is 0 Å². The van der Waals surface area contributed by atoms with Crippen LogP contribution < -0.4 is 11.1 Å². The maximum absolute atomic E-state index is 5.85. The van der Waals surface area contributed by atoms with E-state index in [0.29, 0.717) is 5.41 Å². The second kappa shape index (κ2) is 5.65. The van der Waals surface area contributed by atoms with E-state index in [2.05, 4.69) is 36.5 Å². The molecule has 0 unspecified atom stereocenters. The highest BCUT2D eigenvalue weighted by molar-refractivity contribution is 5.25. The molecule has 0 aromatic heterocycles. The van der Waals surface area contributed by atoms with E-state index in [9.17, 15) is 0 Å². The van der Waals surface area contributed by atoms with Crippen LogP contribution in [0, 0.1) is 12.3 Å². The van der Waals surface area contributed by atoms with Gasteiger partial charge in [-0.3, -0.25) is 0 Å². The van der Waals surface area contributed by atoms with E-state index in [1.165, 1.54) is 30.4 Å². The maximum Gasteiger partial charge on any atom is 0.00200 e. The molecule has 1 saturated carbocycles. The van der Waals surface area contributed by atoms with Gasteiger partial charge in [0.2, 0.25) is 0 Å². The first-order valence-electron chi connectivity index (χ1n) is 6.71. The summed E-state index contributed by atoms with van der Waals surface area (Å²) in [6.45, 7) is 5.18. The van der Waals surface area contributed by atoms with Crippen LogP contribution in [0.4, 0.5) is 0 Å². The molecule has 0 atom stereocenters. The fourth-order valence-corrected chi connectivity index (χ4v) is 2.60. The zero-order valence-electron chi connectivity index (χ0n) is 10.8. The molecule has 1 aromatic rings. The maximum atomic E-state index is 5.85. The van der Waals surface area contributed by atoms with Crippen molar-refractivity contribution in [2.24, 2.45) is 11.1 Å². The van der Waals surface area contributed by atoms with Gasteiger partial charge in [0.15, 0.2) is 0 Å². The van der Waals surface area contributed by atoms with Gasteiger partial charge in [-0.15, -0.1) is 0 Å². The van der Waals surface area contributed by atoms with E-state index in [-0.39, 0.29) is 0 Å². The average Bonchev–Trinajstić information content (AvgIpc) is 2.29. The van der Waals surface area contributed by atoms with Gasteiger partial charge < -0.3 is 11.1 Å². The molecule has 0 bridgehead atoms. The molecule has 0 spiro atoms. The van der Waals surface area contributed by atoms with Crippen LogP contribution in [0.3, 0.4) is 0 Å². The lowest BCUT2D eigenvalue weighted by atomic mass is 9.69. The smallest absolute Gasteiger partial charge is 0.00200 e. The number of aryl methyl sites for hydroxylation is 1. The third kappa shape index (κ3) is 3.08. The molecule has 3 N–H and O–H groups in total. The van der Waals surface area contributed by atoms with Crippen LogP contribution in [-0.4, -0.2) is 19.6 Å². The van der Waals surface area contributed by atoms with Crippen LogP contribution in [0.25, 0.3) is 0 Å². The summed E-state index contributed by atoms with van der Waals surface area (Å²) in [5.74, 6) is 0. The summed E-state index contributed by atoms with van der Waals surface area (Å²) in [6.07, 6.45) is 5.09. The molecule has 2 rings (SSSR count). The lowest BCUT2D eigenvalue weighted by molar-refractivity contribution is 0.141. The summed E-state index contributed by atoms with van der Waals surface area (Å²) in [7, 11) is 0. The van der Waals surface area contributed by atoms with Crippen molar-refractivity contribution in [3.63, 3.8) is 0 Å². The Bertz CT molecular complexity index is 350. The fraction of sp³-hybridized carbons (Fsp3) is 0.600. The monoisotopic (exact) mass is 232 g/mol. The minimum atomic E-state index is 0.422. The third-order valence-electron chi connectivity index (χ3n) is 4.18. The summed E-state index contributed by atoms with van der Waals surface area (Å²) < 4.78 is 0. The Hall–Kier alpha value is -0.860. The van der Waals surface area contributed by atoms with Gasteiger partial charge in [-0.25, -0.2) is 0 Å². The van der Waals surface area contributed by atoms with Crippen molar-refractivity contribution < 1.29 is 0 Å². The fourth-order valence-electron chi connectivity index (χ4n) is 2.60. The van der Waals surface area contributed by atoms with Gasteiger partial charge in [0.05, 0.1) is 0 Å². The predicted octanol–water partition coefficient (Wildman–Crippen LogP) is 2.26. The van der Waals surface area contributed by atoms with Crippen molar-refractivity contribution in [1.29, 1.82) is 0 Å². The zero-order valence-corrected chi connectivity index (χ0v) is 10.8. The standard InChI is InChI=1S/C15H24N2/c1-13-5-2-3-6-14(13)7-10-17-12-15(11-16)8-4-9-15/h2-3,5-6,17H,4,7-12,16H2,1H3. The van der Waals surface area contributed by atoms with Crippen molar-refractivity contribution in [1.82, 2.24) is 5.32 Å². The molecule has 0 amide bonds. The molecule has 1 aliphatic carbocycles. The SMILES string of the molecule is Cc1ccccc1CCNCC1(CN)CCC1. The molecule has 2 heteroatoms. The molecule has 1 aromatic carbocycles. The van der Waals surface area contributed by atoms with E-state index in [4.69, 9.17) is 5.73 Å². The quantitative estimate of drug-likeness (QED) is 0.738. The third-order valence-corrected chi connectivity index (χ3v) is 4.18. The number of hydrogen-bond donors (Lipinski definition) is 2. The first-order chi connectivity index (χ1) is 8.26. The van der Waals surface area contributed by atoms with Crippen LogP contribution in [0.5, 0.6) is 0 Å². The van der Waals surface area contributed by atoms with Crippen molar-refractivity contribution in [3.05, 3.63) is 35.4 Å². The molecular weight excluding hydrogens is 208 g/mol. The van der Waals surface area contributed by atoms with Crippen molar-refractivity contribution in [2.75, 3.05) is 19.6 Å². The van der Waals surface area contributed by atoms with Crippen LogP contribution in [0.2, 0.25) is 0 Å². The number of rotatable bonds is 6. The summed E-state index contributed by atoms with van der Waals surface area (Å²) in [6, 6.07) is 8.63. The first-order valence-corrected chi connectivity index (χ1v) is 6.71. The lowest BCUT2D eigenvalue weighted by Crippen LogP contribution is -2.45. The van der Waals surface area contributed by atoms with Gasteiger partial charge >= 0.3 is 0 Å². The Morgan fingerprint density at radius 1 is 1.29 bits per heavy atom. The van der Waals surface area contributed by atoms with Crippen molar-refractivity contribution in [2.45, 2.75) is 32.6 Å². The minimum Gasteiger partial charge on any atom is -0.330 e. The Morgan fingerprint density at radius 3 is 2.65 bits per heavy atom. The second-order valence-corrected chi connectivity index (χ2v) is 5.41. The topological polar surface area (TPSA) is 38.0 Å². The van der Waals surface area contributed by atoms with Crippen LogP contribution in [0.1, 0.15) is 30.4 Å². The molecule has 0 aliphatic heterocycles. The van der Waals surface area contributed by atoms with Gasteiger partial charge in [0, 0.05) is 6.54 Å². The molecular formula is C15H24N2. The van der Waals surface area contributed by atoms with Crippen molar-refractivity contribution >= 4 is 0 Å². The number of benzene rings is 1. The second-order valence-electron chi connectivity index (χ2n) is 5.41. The number of hydrogen-bond acceptors (Lipinski definition) is 2. The highest BCUT2D eigenvalue weighted by atomic mass is 14.9. The average molecular weight is 232 g/mol. The van der Waals surface area contributed by atoms with E-state index in [1.54, 1.807) is 0 Å². The zero-order chi connectivity index (χ0) is 12.1. The first kappa shape index (κ1) is 12.6. The van der Waals surface area contributed by atoms with Crippen LogP contribution in [-0.2, 0) is 6.42 Å². The van der Waals surface area contributed by atoms with Crippen LogP contribution >= 0.6 is 0 Å². The Morgan fingerprint density at radius 2 is 2.06 bits per heavy atom. The summed E-state index contributed by atoms with van der Waals surface area (Å²) in [5.41, 5.74) is 9.12. The minimum absolute atomic E-state index is 0.422. The lowest BCUT2D eigenvalue weighted by Gasteiger charge is -2.41. The van der Waals surface area contributed by atoms with Crippen molar-refractivity contribution in [3.8, 4) is 0 Å². The summed E-state index contributed by atoms with van der Waals surface area (Å²) in [4.78, 5) is 0. The van der Waals surface area contributed by atoms with Gasteiger partial charge in [-0.05, 0) is 55.8 Å². The Balaban J connectivity index is 1.71. The molecule has 17 heavy (non-hydrogen) atoms. The van der Waals surface area contributed by atoms with Gasteiger partial charge in [0.25, 0.3) is 0 Å². The molecule has 0 heterocycles. The number of nitrogens with two attached hydrogens (primary N) is 1. The number of nitrogens with one attached hydrogen (secondary N) is 1. The van der Waals surface area contributed by atoms with E-state index in [1.807, 2.05) is 0 Å². The van der Waals surface area contributed by atoms with Crippen LogP contribution in [0.15, 0.2) is 24.3 Å².